The van der Waals surface area contributed by atoms with Crippen molar-refractivity contribution in [1.29, 1.82) is 0 Å². The van der Waals surface area contributed by atoms with E-state index in [4.69, 9.17) is 9.15 Å². The molecule has 2 aromatic rings. The van der Waals surface area contributed by atoms with Gasteiger partial charge in [0, 0.05) is 24.0 Å². The molecule has 1 fully saturated rings. The summed E-state index contributed by atoms with van der Waals surface area (Å²) in [6, 6.07) is 5.14. The van der Waals surface area contributed by atoms with E-state index in [1.165, 1.54) is 4.90 Å². The largest absolute Gasteiger partial charge is 0.494 e. The average Bonchev–Trinajstić information content (AvgIpc) is 3.06. The Morgan fingerprint density at radius 3 is 2.79 bits per heavy atom. The first-order valence-corrected chi connectivity index (χ1v) is 9.78. The number of hydrogen-bond acceptors (Lipinski definition) is 5. The van der Waals surface area contributed by atoms with Crippen LogP contribution in [0.3, 0.4) is 0 Å². The number of rotatable bonds is 4. The third kappa shape index (κ3) is 3.00. The van der Waals surface area contributed by atoms with Gasteiger partial charge in [-0.2, -0.15) is 0 Å². The van der Waals surface area contributed by atoms with E-state index in [-0.39, 0.29) is 29.2 Å². The van der Waals surface area contributed by atoms with Crippen LogP contribution in [0.4, 0.5) is 0 Å². The van der Waals surface area contributed by atoms with Crippen LogP contribution in [0.15, 0.2) is 22.6 Å². The molecule has 6 nitrogen and oxygen atoms in total. The number of ether oxygens (including phenoxy) is 1. The fourth-order valence-electron chi connectivity index (χ4n) is 3.07. The molecule has 0 unspecified atom stereocenters. The van der Waals surface area contributed by atoms with Crippen LogP contribution in [0.5, 0.6) is 5.75 Å². The Bertz CT molecular complexity index is 884. The Morgan fingerprint density at radius 2 is 2.17 bits per heavy atom. The van der Waals surface area contributed by atoms with E-state index in [0.29, 0.717) is 18.6 Å². The van der Waals surface area contributed by atoms with Crippen LogP contribution in [-0.4, -0.2) is 50.4 Å². The molecule has 24 heavy (non-hydrogen) atoms. The number of hydrogen-bond donors (Lipinski definition) is 0. The summed E-state index contributed by atoms with van der Waals surface area (Å²) >= 11 is 0. The van der Waals surface area contributed by atoms with Gasteiger partial charge in [0.25, 0.3) is 5.91 Å². The smallest absolute Gasteiger partial charge is 0.289 e. The number of sulfone groups is 1. The van der Waals surface area contributed by atoms with E-state index in [0.717, 1.165) is 16.7 Å². The van der Waals surface area contributed by atoms with Crippen molar-refractivity contribution in [1.82, 2.24) is 4.90 Å². The van der Waals surface area contributed by atoms with Crippen LogP contribution in [0.25, 0.3) is 11.0 Å². The summed E-state index contributed by atoms with van der Waals surface area (Å²) in [4.78, 5) is 14.2. The molecule has 0 spiro atoms. The lowest BCUT2D eigenvalue weighted by atomic mass is 10.1. The van der Waals surface area contributed by atoms with E-state index in [9.17, 15) is 13.2 Å². The molecule has 1 atom stereocenters. The maximum atomic E-state index is 12.7. The predicted octanol–water partition coefficient (Wildman–Crippen LogP) is 2.40. The van der Waals surface area contributed by atoms with Crippen molar-refractivity contribution in [3.63, 3.8) is 0 Å². The first kappa shape index (κ1) is 16.8. The third-order valence-electron chi connectivity index (χ3n) is 4.49. The second kappa shape index (κ2) is 6.12. The molecule has 1 amide bonds. The minimum atomic E-state index is -3.04. The Labute approximate surface area is 141 Å². The second-order valence-corrected chi connectivity index (χ2v) is 8.35. The van der Waals surface area contributed by atoms with Gasteiger partial charge in [-0.3, -0.25) is 4.79 Å². The van der Waals surface area contributed by atoms with Gasteiger partial charge >= 0.3 is 0 Å². The zero-order valence-electron chi connectivity index (χ0n) is 14.0. The van der Waals surface area contributed by atoms with Crippen molar-refractivity contribution >= 4 is 26.7 Å². The van der Waals surface area contributed by atoms with Gasteiger partial charge in [-0.15, -0.1) is 0 Å². The van der Waals surface area contributed by atoms with Crippen molar-refractivity contribution in [2.75, 3.05) is 25.2 Å². The molecule has 0 radical (unpaired) electrons. The number of amides is 1. The van der Waals surface area contributed by atoms with Gasteiger partial charge in [-0.25, -0.2) is 8.42 Å². The zero-order chi connectivity index (χ0) is 17.5. The molecule has 3 rings (SSSR count). The average molecular weight is 351 g/mol. The van der Waals surface area contributed by atoms with Gasteiger partial charge in [0.1, 0.15) is 11.3 Å². The summed E-state index contributed by atoms with van der Waals surface area (Å²) in [6.45, 7) is 4.30. The molecule has 1 aromatic heterocycles. The minimum absolute atomic E-state index is 0.0169. The number of nitrogens with zero attached hydrogens (tertiary/aromatic N) is 1. The maximum Gasteiger partial charge on any atom is 0.289 e. The maximum absolute atomic E-state index is 12.7. The molecule has 0 bridgehead atoms. The molecule has 130 valence electrons. The number of fused-ring (bicyclic) bond motifs is 1. The first-order chi connectivity index (χ1) is 11.3. The first-order valence-electron chi connectivity index (χ1n) is 7.96. The van der Waals surface area contributed by atoms with E-state index >= 15 is 0 Å². The number of benzene rings is 1. The van der Waals surface area contributed by atoms with Gasteiger partial charge < -0.3 is 14.1 Å². The van der Waals surface area contributed by atoms with Crippen molar-refractivity contribution in [3.05, 3.63) is 29.5 Å². The topological polar surface area (TPSA) is 76.8 Å². The van der Waals surface area contributed by atoms with Crippen molar-refractivity contribution in [2.45, 2.75) is 26.3 Å². The second-order valence-electron chi connectivity index (χ2n) is 6.12. The van der Waals surface area contributed by atoms with Crippen LogP contribution in [0.1, 0.15) is 29.5 Å². The molecular weight excluding hydrogens is 330 g/mol. The summed E-state index contributed by atoms with van der Waals surface area (Å²) in [6.07, 6.45) is 0.471. The number of carbonyl (C=O) groups excluding carboxylic acids is 1. The van der Waals surface area contributed by atoms with E-state index < -0.39 is 9.84 Å². The standard InChI is InChI=1S/C17H21NO5S/c1-4-22-13-5-6-15-14(9-13)11(2)16(23-15)17(19)18(3)12-7-8-24(20,21)10-12/h5-6,9,12H,4,7-8,10H2,1-3H3/t12-/m1/s1. The molecule has 7 heteroatoms. The quantitative estimate of drug-likeness (QED) is 0.845. The Morgan fingerprint density at radius 1 is 1.42 bits per heavy atom. The summed E-state index contributed by atoms with van der Waals surface area (Å²) in [7, 11) is -1.41. The van der Waals surface area contributed by atoms with E-state index in [1.54, 1.807) is 19.2 Å². The predicted molar refractivity (Wildman–Crippen MR) is 91.3 cm³/mol. The normalized spacial score (nSPS) is 19.5. The molecule has 1 aliphatic heterocycles. The molecule has 2 heterocycles. The van der Waals surface area contributed by atoms with Crippen molar-refractivity contribution in [3.8, 4) is 5.75 Å². The van der Waals surface area contributed by atoms with Crippen LogP contribution in [0, 0.1) is 6.92 Å². The lowest BCUT2D eigenvalue weighted by Crippen LogP contribution is -2.37. The molecule has 1 aliphatic rings. The van der Waals surface area contributed by atoms with Gasteiger partial charge in [-0.05, 0) is 38.5 Å². The van der Waals surface area contributed by atoms with Gasteiger partial charge in [0.15, 0.2) is 15.6 Å². The summed E-state index contributed by atoms with van der Waals surface area (Å²) in [5, 5.41) is 0.830. The fraction of sp³-hybridized carbons (Fsp3) is 0.471. The highest BCUT2D eigenvalue weighted by molar-refractivity contribution is 7.91. The van der Waals surface area contributed by atoms with Crippen LogP contribution in [0.2, 0.25) is 0 Å². The summed E-state index contributed by atoms with van der Waals surface area (Å²) in [5.74, 6) is 0.840. The van der Waals surface area contributed by atoms with Gasteiger partial charge in [-0.1, -0.05) is 0 Å². The summed E-state index contributed by atoms with van der Waals surface area (Å²) < 4.78 is 34.5. The fourth-order valence-corrected chi connectivity index (χ4v) is 4.84. The van der Waals surface area contributed by atoms with Crippen LogP contribution >= 0.6 is 0 Å². The highest BCUT2D eigenvalue weighted by Crippen LogP contribution is 2.30. The minimum Gasteiger partial charge on any atom is -0.494 e. The number of carbonyl (C=O) groups is 1. The van der Waals surface area contributed by atoms with E-state index in [1.807, 2.05) is 19.9 Å². The Hall–Kier alpha value is -2.02. The lowest BCUT2D eigenvalue weighted by molar-refractivity contribution is 0.0717. The number of aryl methyl sites for hydroxylation is 1. The molecular formula is C17H21NO5S. The SMILES string of the molecule is CCOc1ccc2oc(C(=O)N(C)[C@@H]3CCS(=O)(=O)C3)c(C)c2c1. The van der Waals surface area contributed by atoms with Crippen molar-refractivity contribution in [2.24, 2.45) is 0 Å². The molecule has 1 aromatic carbocycles. The Kier molecular flexibility index (Phi) is 4.29. The number of furan rings is 1. The third-order valence-corrected chi connectivity index (χ3v) is 6.24. The van der Waals surface area contributed by atoms with Crippen molar-refractivity contribution < 1.29 is 22.4 Å². The molecule has 0 N–H and O–H groups in total. The van der Waals surface area contributed by atoms with Gasteiger partial charge in [0.2, 0.25) is 0 Å². The Balaban J connectivity index is 1.91. The molecule has 0 aliphatic carbocycles. The van der Waals surface area contributed by atoms with Gasteiger partial charge in [0.05, 0.1) is 18.1 Å². The highest BCUT2D eigenvalue weighted by Gasteiger charge is 2.34. The van der Waals surface area contributed by atoms with Crippen LogP contribution in [-0.2, 0) is 9.84 Å². The highest BCUT2D eigenvalue weighted by atomic mass is 32.2. The lowest BCUT2D eigenvalue weighted by Gasteiger charge is -2.22. The molecule has 0 saturated carbocycles. The molecule has 1 saturated heterocycles. The monoisotopic (exact) mass is 351 g/mol. The van der Waals surface area contributed by atoms with E-state index in [2.05, 4.69) is 0 Å². The van der Waals surface area contributed by atoms with Crippen LogP contribution < -0.4 is 4.74 Å². The summed E-state index contributed by atoms with van der Waals surface area (Å²) in [5.41, 5.74) is 1.36. The zero-order valence-corrected chi connectivity index (χ0v) is 14.9.